The standard InChI is InChI=1S/C20H12N2O4.2C20H10N2O2.2Cu.6Na.4H2O/c23-19(24)13-9-17(21-15-7-3-1-5-11(13)15)18-10-14(20(25)26)12-6-2-4-8-16(12)22-18;2*23-11-13-9-19(21-17-7-3-1-5-15(13)17)20-10-14(12-24)16-6-2-4-8-18(16)22-20;;;;;;;;;;;;/h1-10H,(H,23,24)(H,25,26);2*1-10H;;;;;;;;;4*1H2/q;2*-2;8*+1;;;;/p+2. The summed E-state index contributed by atoms with van der Waals surface area (Å²) in [5.74, 6) is -2.68. The van der Waals surface area contributed by atoms with Gasteiger partial charge in [-0.1, -0.05) is 106 Å². The van der Waals surface area contributed by atoms with E-state index in [0.717, 1.165) is 21.5 Å². The van der Waals surface area contributed by atoms with Crippen molar-refractivity contribution in [1.29, 1.82) is 0 Å². The van der Waals surface area contributed by atoms with Gasteiger partial charge in [0.25, 0.3) is 0 Å². The van der Waals surface area contributed by atoms with Crippen LogP contribution >= 0.6 is 0 Å². The average Bonchev–Trinajstić information content (AvgIpc) is 1.59. The summed E-state index contributed by atoms with van der Waals surface area (Å²) in [6.45, 7) is 0. The minimum Gasteiger partial charge on any atom is -0.545 e. The minimum absolute atomic E-state index is 0. The summed E-state index contributed by atoms with van der Waals surface area (Å²) >= 11 is 0. The maximum Gasteiger partial charge on any atom is 1.00 e. The molecule has 6 aromatic heterocycles. The topological polar surface area (TPSA) is 358 Å². The number of carbonyl (C=O) groups excluding carboxylic acids is 6. The van der Waals surface area contributed by atoms with Crippen LogP contribution in [-0.4, -0.2) is 67.0 Å². The number of nitrogens with zero attached hydrogens (tertiary/aromatic N) is 6. The zero-order valence-corrected chi connectivity index (χ0v) is 61.1. The molecule has 86 heavy (non-hydrogen) atoms. The third-order valence-electron chi connectivity index (χ3n) is 12.0. The summed E-state index contributed by atoms with van der Waals surface area (Å²) in [5, 5.41) is 26.9. The number of carboxylic acid groups (broad SMARTS) is 2. The van der Waals surface area contributed by atoms with Crippen molar-refractivity contribution in [3.05, 3.63) is 215 Å². The van der Waals surface area contributed by atoms with Crippen LogP contribution in [0.3, 0.4) is 0 Å². The summed E-state index contributed by atoms with van der Waals surface area (Å²) in [7, 11) is 0. The van der Waals surface area contributed by atoms with Gasteiger partial charge in [-0.05, 0) is 48.5 Å². The van der Waals surface area contributed by atoms with Crippen LogP contribution in [0.25, 0.3) is 99.6 Å². The number of pyridine rings is 6. The van der Waals surface area contributed by atoms with Crippen molar-refractivity contribution in [3.63, 3.8) is 0 Å². The van der Waals surface area contributed by atoms with Crippen LogP contribution in [0.2, 0.25) is 0 Å². The van der Waals surface area contributed by atoms with Gasteiger partial charge >= 0.3 is 211 Å². The number of aromatic carboxylic acids is 2. The summed E-state index contributed by atoms with van der Waals surface area (Å²) < 4.78 is 0. The maximum atomic E-state index is 11.5. The Morgan fingerprint density at radius 1 is 0.279 bits per heavy atom. The second-order valence-corrected chi connectivity index (χ2v) is 16.4. The van der Waals surface area contributed by atoms with E-state index >= 15 is 0 Å². The number of carbonyl (C=O) groups is 2. The van der Waals surface area contributed by atoms with Crippen molar-refractivity contribution in [3.8, 4) is 34.2 Å². The normalized spacial score (nSPS) is 9.35. The Labute approximate surface area is 644 Å². The molecule has 6 aromatic carbocycles. The van der Waals surface area contributed by atoms with E-state index < -0.39 is 11.9 Å². The van der Waals surface area contributed by atoms with Crippen molar-refractivity contribution in [1.82, 2.24) is 29.9 Å². The molecule has 0 amide bonds. The van der Waals surface area contributed by atoms with Crippen molar-refractivity contribution < 1.29 is 272 Å². The van der Waals surface area contributed by atoms with E-state index in [2.05, 4.69) is 29.9 Å². The first-order valence-corrected chi connectivity index (χ1v) is 22.5. The first kappa shape index (κ1) is 86.5. The molecule has 6 heterocycles. The predicted molar refractivity (Wildman–Crippen MR) is 295 cm³/mol. The van der Waals surface area contributed by atoms with Crippen LogP contribution in [-0.2, 0) is 75.2 Å². The molecule has 26 heteroatoms. The third kappa shape index (κ3) is 19.2. The largest absolute Gasteiger partial charge is 1.00 e. The Kier molecular flexibility index (Phi) is 40.3. The van der Waals surface area contributed by atoms with E-state index in [1.807, 2.05) is 122 Å². The molecule has 0 radical (unpaired) electrons. The maximum absolute atomic E-state index is 11.5. The van der Waals surface area contributed by atoms with Gasteiger partial charge in [0.2, 0.25) is 0 Å². The first-order valence-electron chi connectivity index (χ1n) is 22.5. The van der Waals surface area contributed by atoms with Gasteiger partial charge in [0.15, 0.2) is 0 Å². The van der Waals surface area contributed by atoms with Gasteiger partial charge in [0.1, 0.15) is 0 Å². The average molecular weight is 1300 g/mol. The molecule has 0 unspecified atom stereocenters. The Bertz CT molecular complexity index is 3880. The number of para-hydroxylation sites is 6. The molecule has 12 N–H and O–H groups in total. The van der Waals surface area contributed by atoms with Crippen LogP contribution in [0.5, 0.6) is 0 Å². The van der Waals surface area contributed by atoms with Gasteiger partial charge in [-0.2, -0.15) is 0 Å². The number of aromatic nitrogens is 6. The van der Waals surface area contributed by atoms with E-state index in [1.54, 1.807) is 72.8 Å². The summed E-state index contributed by atoms with van der Waals surface area (Å²) in [5.41, 5.74) is 7.82. The smallest absolute Gasteiger partial charge is 0.545 e. The van der Waals surface area contributed by atoms with E-state index in [4.69, 9.17) is 0 Å². The number of benzene rings is 6. The first-order chi connectivity index (χ1) is 36.1. The van der Waals surface area contributed by atoms with Crippen molar-refractivity contribution in [2.75, 3.05) is 0 Å². The quantitative estimate of drug-likeness (QED) is 0.0736. The number of hydrogen-bond acceptors (Lipinski definition) is 14. The summed E-state index contributed by atoms with van der Waals surface area (Å²) in [6, 6.07) is 52.1. The van der Waals surface area contributed by atoms with Crippen molar-refractivity contribution in [2.45, 2.75) is 0 Å². The van der Waals surface area contributed by atoms with Crippen LogP contribution in [0.15, 0.2) is 182 Å². The van der Waals surface area contributed by atoms with E-state index in [1.165, 1.54) is 12.1 Å². The van der Waals surface area contributed by atoms with Gasteiger partial charge in [-0.25, -0.2) is 9.97 Å². The summed E-state index contributed by atoms with van der Waals surface area (Å²) in [6.07, 6.45) is 7.80. The fourth-order valence-electron chi connectivity index (χ4n) is 8.52. The molecule has 0 saturated carbocycles. The molecule has 0 aliphatic heterocycles. The van der Waals surface area contributed by atoms with Gasteiger partial charge < -0.3 is 60.9 Å². The molecular formula is C60H42Cu2N6Na6O12+6. The van der Waals surface area contributed by atoms with E-state index in [9.17, 15) is 39.0 Å². The zero-order valence-electron chi connectivity index (χ0n) is 47.2. The molecule has 0 bridgehead atoms. The Morgan fingerprint density at radius 3 is 0.628 bits per heavy atom. The fraction of sp³-hybridized carbons (Fsp3) is 0. The molecule has 406 valence electrons. The SMILES string of the molecule is O=C([O-])c1cc(-c2cc(C(=O)[O-])c3ccccc3n2)nc2ccccc12.O=[C-]c1cc(-c2cc([C-]=O)c3ccccc3n2)nc2ccccc12.O=[C-]c1cc(-c2cc([C-]=O)c3ccccc3n2)nc2ccccc12.[Cu+].[Cu+].[Na+].[Na+].[Na+].[Na+].[Na+].[Na+].[OH3+].[OH3+].[OH3+].[OH3+]. The number of carboxylic acids is 2. The Balaban J connectivity index is -0.00000112. The van der Waals surface area contributed by atoms with Gasteiger partial charge in [-0.3, -0.25) is 19.9 Å². The zero-order chi connectivity index (χ0) is 51.3. The van der Waals surface area contributed by atoms with Gasteiger partial charge in [0.05, 0.1) is 59.5 Å². The van der Waals surface area contributed by atoms with Crippen LogP contribution < -0.4 is 188 Å². The molecule has 0 aliphatic rings. The van der Waals surface area contributed by atoms with Crippen LogP contribution in [0.4, 0.5) is 0 Å². The van der Waals surface area contributed by atoms with Gasteiger partial charge in [0, 0.05) is 66.7 Å². The second-order valence-electron chi connectivity index (χ2n) is 16.4. The van der Waals surface area contributed by atoms with Crippen LogP contribution in [0.1, 0.15) is 43.0 Å². The van der Waals surface area contributed by atoms with Crippen LogP contribution in [0, 0.1) is 0 Å². The van der Waals surface area contributed by atoms with Crippen molar-refractivity contribution >= 4 is 103 Å². The Hall–Kier alpha value is -3.72. The molecule has 12 rings (SSSR count). The number of hydrogen-bond donors (Lipinski definition) is 0. The number of rotatable bonds is 9. The molecular weight excluding hydrogens is 1260 g/mol. The summed E-state index contributed by atoms with van der Waals surface area (Å²) in [4.78, 5) is 95.4. The molecule has 0 fully saturated rings. The fourth-order valence-corrected chi connectivity index (χ4v) is 8.52. The molecule has 0 aliphatic carbocycles. The van der Waals surface area contributed by atoms with E-state index in [-0.39, 0.29) is 256 Å². The second kappa shape index (κ2) is 40.1. The monoisotopic (exact) mass is 1300 g/mol. The molecule has 18 nitrogen and oxygen atoms in total. The van der Waals surface area contributed by atoms with Crippen molar-refractivity contribution in [2.24, 2.45) is 0 Å². The third-order valence-corrected chi connectivity index (χ3v) is 12.0. The molecule has 0 atom stereocenters. The predicted octanol–water partition coefficient (Wildman–Crippen LogP) is -13.8. The minimum atomic E-state index is -1.34. The molecule has 0 saturated heterocycles. The van der Waals surface area contributed by atoms with Gasteiger partial charge in [-0.15, -0.1) is 70.8 Å². The van der Waals surface area contributed by atoms with E-state index in [0.29, 0.717) is 88.9 Å². The Morgan fingerprint density at radius 2 is 0.442 bits per heavy atom. The molecule has 12 aromatic rings. The molecule has 0 spiro atoms. The number of fused-ring (bicyclic) bond motifs is 6.